The Balaban J connectivity index is 2.17. The lowest BCUT2D eigenvalue weighted by atomic mass is 10.0. The number of amides is 2. The summed E-state index contributed by atoms with van der Waals surface area (Å²) >= 11 is 0. The van der Waals surface area contributed by atoms with Crippen molar-refractivity contribution in [2.45, 2.75) is 57.7 Å². The summed E-state index contributed by atoms with van der Waals surface area (Å²) in [6.45, 7) is 5.59. The molecule has 1 heterocycles. The first-order chi connectivity index (χ1) is 12.2. The van der Waals surface area contributed by atoms with Crippen LogP contribution in [-0.2, 0) is 20.7 Å². The highest BCUT2D eigenvalue weighted by Gasteiger charge is 2.38. The summed E-state index contributed by atoms with van der Waals surface area (Å²) in [4.78, 5) is 37.9. The summed E-state index contributed by atoms with van der Waals surface area (Å²) < 4.78 is 5.26. The normalized spacial score (nSPS) is 18.3. The van der Waals surface area contributed by atoms with Crippen molar-refractivity contribution in [2.24, 2.45) is 0 Å². The Morgan fingerprint density at radius 2 is 1.92 bits per heavy atom. The highest BCUT2D eigenvalue weighted by atomic mass is 16.6. The molecule has 7 nitrogen and oxygen atoms in total. The number of carboxylic acid groups (broad SMARTS) is 1. The molecule has 26 heavy (non-hydrogen) atoms. The molecule has 1 saturated heterocycles. The summed E-state index contributed by atoms with van der Waals surface area (Å²) in [5, 5.41) is 11.9. The molecule has 0 aromatic heterocycles. The van der Waals surface area contributed by atoms with E-state index in [-0.39, 0.29) is 6.42 Å². The maximum Gasteiger partial charge on any atom is 0.408 e. The second-order valence-corrected chi connectivity index (χ2v) is 7.42. The number of aliphatic carboxylic acids is 1. The topological polar surface area (TPSA) is 95.9 Å². The number of ether oxygens (including phenoxy) is 1. The van der Waals surface area contributed by atoms with Crippen molar-refractivity contribution < 1.29 is 24.2 Å². The van der Waals surface area contributed by atoms with E-state index in [1.807, 2.05) is 30.3 Å². The van der Waals surface area contributed by atoms with E-state index < -0.39 is 35.7 Å². The molecule has 1 aliphatic heterocycles. The van der Waals surface area contributed by atoms with Crippen LogP contribution in [0.5, 0.6) is 0 Å². The zero-order valence-corrected chi connectivity index (χ0v) is 15.4. The van der Waals surface area contributed by atoms with E-state index in [1.54, 1.807) is 20.8 Å². The van der Waals surface area contributed by atoms with Crippen LogP contribution in [0.3, 0.4) is 0 Å². The lowest BCUT2D eigenvalue weighted by Gasteiger charge is -2.28. The fourth-order valence-electron chi connectivity index (χ4n) is 2.99. The number of alkyl carbamates (subject to hydrolysis) is 1. The third-order valence-electron chi connectivity index (χ3n) is 4.09. The number of nitrogens with one attached hydrogen (secondary N) is 1. The second kappa shape index (κ2) is 8.21. The van der Waals surface area contributed by atoms with E-state index in [1.165, 1.54) is 4.90 Å². The minimum atomic E-state index is -1.02. The van der Waals surface area contributed by atoms with Crippen LogP contribution in [0.1, 0.15) is 39.2 Å². The van der Waals surface area contributed by atoms with Crippen molar-refractivity contribution in [1.29, 1.82) is 0 Å². The molecule has 1 aromatic rings. The van der Waals surface area contributed by atoms with E-state index in [0.717, 1.165) is 5.56 Å². The van der Waals surface area contributed by atoms with Gasteiger partial charge in [-0.05, 0) is 39.2 Å². The Bertz CT molecular complexity index is 654. The molecular formula is C19H26N2O5. The van der Waals surface area contributed by atoms with Crippen molar-refractivity contribution in [3.63, 3.8) is 0 Å². The van der Waals surface area contributed by atoms with Crippen LogP contribution < -0.4 is 5.32 Å². The van der Waals surface area contributed by atoms with Gasteiger partial charge in [-0.1, -0.05) is 30.3 Å². The number of carboxylic acids is 1. The lowest BCUT2D eigenvalue weighted by Crippen LogP contribution is -2.53. The van der Waals surface area contributed by atoms with Crippen LogP contribution in [0.25, 0.3) is 0 Å². The van der Waals surface area contributed by atoms with E-state index >= 15 is 0 Å². The van der Waals surface area contributed by atoms with E-state index in [2.05, 4.69) is 5.32 Å². The second-order valence-electron chi connectivity index (χ2n) is 7.42. The quantitative estimate of drug-likeness (QED) is 0.837. The van der Waals surface area contributed by atoms with Gasteiger partial charge in [0.15, 0.2) is 0 Å². The van der Waals surface area contributed by atoms with Gasteiger partial charge in [0.2, 0.25) is 5.91 Å². The molecule has 2 N–H and O–H groups in total. The number of carbonyl (C=O) groups excluding carboxylic acids is 2. The Morgan fingerprint density at radius 1 is 1.27 bits per heavy atom. The zero-order valence-electron chi connectivity index (χ0n) is 15.4. The third-order valence-corrected chi connectivity index (χ3v) is 4.09. The van der Waals surface area contributed by atoms with Gasteiger partial charge in [0, 0.05) is 13.0 Å². The molecule has 1 fully saturated rings. The minimum absolute atomic E-state index is 0.266. The van der Waals surface area contributed by atoms with Gasteiger partial charge in [-0.15, -0.1) is 0 Å². The van der Waals surface area contributed by atoms with Gasteiger partial charge in [0.25, 0.3) is 0 Å². The molecule has 0 aliphatic carbocycles. The molecule has 142 valence electrons. The average Bonchev–Trinajstić information content (AvgIpc) is 3.02. The van der Waals surface area contributed by atoms with Crippen molar-refractivity contribution in [3.05, 3.63) is 35.9 Å². The maximum absolute atomic E-state index is 13.0. The highest BCUT2D eigenvalue weighted by molar-refractivity contribution is 5.90. The van der Waals surface area contributed by atoms with Crippen LogP contribution in [0.15, 0.2) is 30.3 Å². The number of hydrogen-bond acceptors (Lipinski definition) is 4. The van der Waals surface area contributed by atoms with Crippen molar-refractivity contribution in [2.75, 3.05) is 6.54 Å². The van der Waals surface area contributed by atoms with Crippen LogP contribution in [0, 0.1) is 0 Å². The Kier molecular flexibility index (Phi) is 6.23. The first kappa shape index (κ1) is 19.8. The Labute approximate surface area is 153 Å². The number of benzene rings is 1. The maximum atomic E-state index is 13.0. The van der Waals surface area contributed by atoms with E-state index in [9.17, 15) is 19.5 Å². The molecule has 0 spiro atoms. The fraction of sp³-hybridized carbons (Fsp3) is 0.526. The fourth-order valence-corrected chi connectivity index (χ4v) is 2.99. The van der Waals surface area contributed by atoms with Gasteiger partial charge in [-0.2, -0.15) is 0 Å². The molecule has 7 heteroatoms. The van der Waals surface area contributed by atoms with Gasteiger partial charge < -0.3 is 20.1 Å². The Morgan fingerprint density at radius 3 is 2.50 bits per heavy atom. The summed E-state index contributed by atoms with van der Waals surface area (Å²) in [5.41, 5.74) is 0.176. The molecule has 1 aliphatic rings. The lowest BCUT2D eigenvalue weighted by molar-refractivity contribution is -0.149. The monoisotopic (exact) mass is 362 g/mol. The number of rotatable bonds is 5. The standard InChI is InChI=1S/C19H26N2O5/c1-19(2,3)26-18(25)20-14(12-13-8-5-4-6-9-13)16(22)21-11-7-10-15(21)17(23)24/h4-6,8-9,14-15H,7,10-12H2,1-3H3,(H,20,25)(H,23,24)/t14-,15+/m0/s1. The molecule has 1 aromatic carbocycles. The highest BCUT2D eigenvalue weighted by Crippen LogP contribution is 2.20. The number of carbonyl (C=O) groups is 3. The van der Waals surface area contributed by atoms with Gasteiger partial charge in [0.05, 0.1) is 0 Å². The van der Waals surface area contributed by atoms with Crippen LogP contribution >= 0.6 is 0 Å². The molecule has 2 amide bonds. The van der Waals surface area contributed by atoms with E-state index in [0.29, 0.717) is 19.4 Å². The summed E-state index contributed by atoms with van der Waals surface area (Å²) in [6, 6.07) is 7.54. The smallest absolute Gasteiger partial charge is 0.408 e. The van der Waals surface area contributed by atoms with Crippen LogP contribution in [0.2, 0.25) is 0 Å². The summed E-state index contributed by atoms with van der Waals surface area (Å²) in [5.74, 6) is -1.42. The van der Waals surface area contributed by atoms with Crippen LogP contribution in [-0.4, -0.2) is 52.2 Å². The number of hydrogen-bond donors (Lipinski definition) is 2. The molecule has 0 radical (unpaired) electrons. The zero-order chi connectivity index (χ0) is 19.3. The molecule has 0 saturated carbocycles. The molecule has 0 bridgehead atoms. The first-order valence-corrected chi connectivity index (χ1v) is 8.74. The summed E-state index contributed by atoms with van der Waals surface area (Å²) in [6.07, 6.45) is 0.624. The van der Waals surface area contributed by atoms with Crippen molar-refractivity contribution in [1.82, 2.24) is 10.2 Å². The predicted molar refractivity (Wildman–Crippen MR) is 95.7 cm³/mol. The minimum Gasteiger partial charge on any atom is -0.480 e. The average molecular weight is 362 g/mol. The van der Waals surface area contributed by atoms with Gasteiger partial charge in [-0.25, -0.2) is 9.59 Å². The summed E-state index contributed by atoms with van der Waals surface area (Å²) in [7, 11) is 0. The number of likely N-dealkylation sites (tertiary alicyclic amines) is 1. The van der Waals surface area contributed by atoms with Gasteiger partial charge >= 0.3 is 12.1 Å². The van der Waals surface area contributed by atoms with Crippen LogP contribution in [0.4, 0.5) is 4.79 Å². The van der Waals surface area contributed by atoms with Gasteiger partial charge in [-0.3, -0.25) is 4.79 Å². The van der Waals surface area contributed by atoms with Crippen molar-refractivity contribution >= 4 is 18.0 Å². The molecule has 2 atom stereocenters. The number of nitrogens with zero attached hydrogens (tertiary/aromatic N) is 1. The first-order valence-electron chi connectivity index (χ1n) is 8.74. The van der Waals surface area contributed by atoms with Gasteiger partial charge in [0.1, 0.15) is 17.7 Å². The molecule has 2 rings (SSSR count). The van der Waals surface area contributed by atoms with E-state index in [4.69, 9.17) is 4.74 Å². The third kappa shape index (κ3) is 5.47. The molecule has 0 unspecified atom stereocenters. The predicted octanol–water partition coefficient (Wildman–Crippen LogP) is 2.20. The molecular weight excluding hydrogens is 336 g/mol. The Hall–Kier alpha value is -2.57. The van der Waals surface area contributed by atoms with Crippen molar-refractivity contribution in [3.8, 4) is 0 Å². The SMILES string of the molecule is CC(C)(C)OC(=O)N[C@@H](Cc1ccccc1)C(=O)N1CCC[C@@H]1C(=O)O. The largest absolute Gasteiger partial charge is 0.480 e.